The number of oxazole rings is 1. The summed E-state index contributed by atoms with van der Waals surface area (Å²) in [5.74, 6) is 1.11. The Morgan fingerprint density at radius 3 is 2.73 bits per heavy atom. The van der Waals surface area contributed by atoms with Crippen molar-refractivity contribution in [3.63, 3.8) is 0 Å². The number of aromatic nitrogens is 1. The van der Waals surface area contributed by atoms with E-state index < -0.39 is 0 Å². The summed E-state index contributed by atoms with van der Waals surface area (Å²) in [6.07, 6.45) is 6.26. The maximum absolute atomic E-state index is 10.1. The second-order valence-electron chi connectivity index (χ2n) is 6.25. The summed E-state index contributed by atoms with van der Waals surface area (Å²) >= 11 is 0. The fourth-order valence-corrected chi connectivity index (χ4v) is 3.07. The van der Waals surface area contributed by atoms with Crippen molar-refractivity contribution in [2.75, 3.05) is 6.54 Å². The molecule has 4 nitrogen and oxygen atoms in total. The van der Waals surface area contributed by atoms with Crippen LogP contribution in [0.1, 0.15) is 36.9 Å². The van der Waals surface area contributed by atoms with E-state index in [4.69, 9.17) is 4.42 Å². The predicted octanol–water partition coefficient (Wildman–Crippen LogP) is 3.29. The van der Waals surface area contributed by atoms with Gasteiger partial charge in [-0.2, -0.15) is 0 Å². The van der Waals surface area contributed by atoms with Gasteiger partial charge < -0.3 is 14.8 Å². The van der Waals surface area contributed by atoms with Gasteiger partial charge in [-0.1, -0.05) is 30.5 Å². The molecular weight excluding hydrogens is 276 g/mol. The van der Waals surface area contributed by atoms with Crippen LogP contribution in [-0.2, 0) is 6.54 Å². The zero-order valence-corrected chi connectivity index (χ0v) is 13.1. The van der Waals surface area contributed by atoms with E-state index in [-0.39, 0.29) is 6.10 Å². The molecule has 2 N–H and O–H groups in total. The molecule has 1 aromatic carbocycles. The molecule has 118 valence electrons. The number of aliphatic hydroxyl groups excluding tert-OH is 1. The average molecular weight is 300 g/mol. The first-order chi connectivity index (χ1) is 10.7. The van der Waals surface area contributed by atoms with E-state index in [9.17, 15) is 5.11 Å². The molecule has 1 heterocycles. The van der Waals surface area contributed by atoms with Crippen LogP contribution in [0, 0.1) is 12.8 Å². The highest BCUT2D eigenvalue weighted by atomic mass is 16.3. The Labute approximate surface area is 131 Å². The van der Waals surface area contributed by atoms with E-state index in [0.29, 0.717) is 24.9 Å². The van der Waals surface area contributed by atoms with E-state index >= 15 is 0 Å². The van der Waals surface area contributed by atoms with E-state index in [1.54, 1.807) is 6.26 Å². The molecule has 1 unspecified atom stereocenters. The van der Waals surface area contributed by atoms with E-state index in [1.165, 1.54) is 18.4 Å². The predicted molar refractivity (Wildman–Crippen MR) is 86.3 cm³/mol. The monoisotopic (exact) mass is 300 g/mol. The van der Waals surface area contributed by atoms with Gasteiger partial charge in [-0.15, -0.1) is 0 Å². The van der Waals surface area contributed by atoms with Crippen molar-refractivity contribution in [3.8, 4) is 11.5 Å². The maximum Gasteiger partial charge on any atom is 0.226 e. The molecule has 2 aromatic rings. The summed E-state index contributed by atoms with van der Waals surface area (Å²) < 4.78 is 5.53. The third-order valence-corrected chi connectivity index (χ3v) is 4.45. The van der Waals surface area contributed by atoms with E-state index in [0.717, 1.165) is 24.1 Å². The lowest BCUT2D eigenvalue weighted by molar-refractivity contribution is 0.109. The smallest absolute Gasteiger partial charge is 0.226 e. The van der Waals surface area contributed by atoms with E-state index in [2.05, 4.69) is 29.4 Å². The zero-order valence-electron chi connectivity index (χ0n) is 13.1. The third kappa shape index (κ3) is 3.76. The van der Waals surface area contributed by atoms with Gasteiger partial charge in [0.25, 0.3) is 0 Å². The number of hydrogen-bond donors (Lipinski definition) is 2. The summed E-state index contributed by atoms with van der Waals surface area (Å²) in [6, 6.07) is 8.13. The Morgan fingerprint density at radius 2 is 2.00 bits per heavy atom. The standard InChI is InChI=1S/C18H24N2O2/c1-13-6-8-15(9-7-13)18-20-16(12-22-18)10-19-11-17(21)14-4-2-3-5-14/h6-9,12,14,17,19,21H,2-5,10-11H2,1H3. The maximum atomic E-state index is 10.1. The molecule has 1 saturated carbocycles. The summed E-state index contributed by atoms with van der Waals surface area (Å²) in [7, 11) is 0. The normalized spacial score (nSPS) is 17.0. The lowest BCUT2D eigenvalue weighted by atomic mass is 10.0. The molecule has 22 heavy (non-hydrogen) atoms. The number of benzene rings is 1. The van der Waals surface area contributed by atoms with Gasteiger partial charge in [0.1, 0.15) is 6.26 Å². The lowest BCUT2D eigenvalue weighted by Crippen LogP contribution is -2.31. The van der Waals surface area contributed by atoms with Crippen LogP contribution in [-0.4, -0.2) is 22.7 Å². The quantitative estimate of drug-likeness (QED) is 0.859. The first kappa shape index (κ1) is 15.3. The van der Waals surface area contributed by atoms with Gasteiger partial charge in [-0.25, -0.2) is 4.98 Å². The van der Waals surface area contributed by atoms with Crippen molar-refractivity contribution in [3.05, 3.63) is 41.8 Å². The SMILES string of the molecule is Cc1ccc(-c2nc(CNCC(O)C3CCCC3)co2)cc1. The van der Waals surface area contributed by atoms with Crippen molar-refractivity contribution in [2.45, 2.75) is 45.3 Å². The highest BCUT2D eigenvalue weighted by Crippen LogP contribution is 2.27. The van der Waals surface area contributed by atoms with Crippen molar-refractivity contribution in [1.29, 1.82) is 0 Å². The van der Waals surface area contributed by atoms with Crippen LogP contribution in [0.5, 0.6) is 0 Å². The highest BCUT2D eigenvalue weighted by Gasteiger charge is 2.22. The van der Waals surface area contributed by atoms with Gasteiger partial charge in [0.15, 0.2) is 0 Å². The Bertz CT molecular complexity index is 585. The number of nitrogens with one attached hydrogen (secondary N) is 1. The van der Waals surface area contributed by atoms with Crippen molar-refractivity contribution >= 4 is 0 Å². The van der Waals surface area contributed by atoms with Crippen molar-refractivity contribution in [2.24, 2.45) is 5.92 Å². The minimum atomic E-state index is -0.244. The van der Waals surface area contributed by atoms with Crippen LogP contribution in [0.3, 0.4) is 0 Å². The van der Waals surface area contributed by atoms with Crippen molar-refractivity contribution < 1.29 is 9.52 Å². The number of hydrogen-bond acceptors (Lipinski definition) is 4. The van der Waals surface area contributed by atoms with Crippen LogP contribution in [0.25, 0.3) is 11.5 Å². The molecule has 1 aliphatic rings. The van der Waals surface area contributed by atoms with E-state index in [1.807, 2.05) is 12.1 Å². The molecule has 0 spiro atoms. The lowest BCUT2D eigenvalue weighted by Gasteiger charge is -2.17. The molecule has 0 radical (unpaired) electrons. The molecule has 0 aliphatic heterocycles. The Kier molecular flexibility index (Phi) is 4.90. The van der Waals surface area contributed by atoms with Gasteiger partial charge >= 0.3 is 0 Å². The highest BCUT2D eigenvalue weighted by molar-refractivity contribution is 5.53. The summed E-state index contributed by atoms with van der Waals surface area (Å²) in [4.78, 5) is 4.49. The first-order valence-electron chi connectivity index (χ1n) is 8.12. The molecule has 1 aromatic heterocycles. The number of rotatable bonds is 6. The fraction of sp³-hybridized carbons (Fsp3) is 0.500. The molecule has 4 heteroatoms. The summed E-state index contributed by atoms with van der Waals surface area (Å²) in [6.45, 7) is 3.31. The van der Waals surface area contributed by atoms with Crippen LogP contribution in [0.4, 0.5) is 0 Å². The summed E-state index contributed by atoms with van der Waals surface area (Å²) in [5.41, 5.74) is 3.08. The third-order valence-electron chi connectivity index (χ3n) is 4.45. The van der Waals surface area contributed by atoms with Gasteiger partial charge in [-0.3, -0.25) is 0 Å². The molecule has 3 rings (SSSR count). The second kappa shape index (κ2) is 7.07. The van der Waals surface area contributed by atoms with Crippen LogP contribution in [0.15, 0.2) is 34.9 Å². The topological polar surface area (TPSA) is 58.3 Å². The van der Waals surface area contributed by atoms with Crippen LogP contribution >= 0.6 is 0 Å². The number of aryl methyl sites for hydroxylation is 1. The second-order valence-corrected chi connectivity index (χ2v) is 6.25. The summed E-state index contributed by atoms with van der Waals surface area (Å²) in [5, 5.41) is 13.4. The van der Waals surface area contributed by atoms with Gasteiger partial charge in [0.2, 0.25) is 5.89 Å². The van der Waals surface area contributed by atoms with Crippen LogP contribution < -0.4 is 5.32 Å². The molecule has 1 fully saturated rings. The van der Waals surface area contributed by atoms with Gasteiger partial charge in [0, 0.05) is 18.7 Å². The Hall–Kier alpha value is -1.65. The minimum Gasteiger partial charge on any atom is -0.444 e. The average Bonchev–Trinajstić information content (AvgIpc) is 3.19. The molecule has 0 bridgehead atoms. The molecule has 1 atom stereocenters. The number of nitrogens with zero attached hydrogens (tertiary/aromatic N) is 1. The Balaban J connectivity index is 1.50. The Morgan fingerprint density at radius 1 is 1.27 bits per heavy atom. The van der Waals surface area contributed by atoms with Crippen molar-refractivity contribution in [1.82, 2.24) is 10.3 Å². The zero-order chi connectivity index (χ0) is 15.4. The molecule has 0 saturated heterocycles. The fourth-order valence-electron chi connectivity index (χ4n) is 3.07. The number of aliphatic hydroxyl groups is 1. The van der Waals surface area contributed by atoms with Crippen LogP contribution in [0.2, 0.25) is 0 Å². The van der Waals surface area contributed by atoms with Gasteiger partial charge in [0.05, 0.1) is 11.8 Å². The van der Waals surface area contributed by atoms with Gasteiger partial charge in [-0.05, 0) is 37.8 Å². The minimum absolute atomic E-state index is 0.244. The molecule has 0 amide bonds. The first-order valence-corrected chi connectivity index (χ1v) is 8.12. The molecule has 1 aliphatic carbocycles. The largest absolute Gasteiger partial charge is 0.444 e. The molecular formula is C18H24N2O2.